The second kappa shape index (κ2) is 8.28. The van der Waals surface area contributed by atoms with E-state index in [0.717, 1.165) is 0 Å². The SMILES string of the molecule is CC1CN(S(=O)(=O)c2cccc(C(=O)Nc3ccc(Br)cc3F)c2)CC(C)O1. The molecule has 2 unspecified atom stereocenters. The molecule has 9 heteroatoms. The van der Waals surface area contributed by atoms with Crippen molar-refractivity contribution in [3.8, 4) is 0 Å². The van der Waals surface area contributed by atoms with Gasteiger partial charge in [0.15, 0.2) is 0 Å². The summed E-state index contributed by atoms with van der Waals surface area (Å²) < 4.78 is 47.4. The van der Waals surface area contributed by atoms with Gasteiger partial charge in [-0.3, -0.25) is 4.79 Å². The summed E-state index contributed by atoms with van der Waals surface area (Å²) >= 11 is 3.15. The smallest absolute Gasteiger partial charge is 0.255 e. The normalized spacial score (nSPS) is 20.7. The van der Waals surface area contributed by atoms with E-state index in [1.165, 1.54) is 40.7 Å². The van der Waals surface area contributed by atoms with E-state index in [9.17, 15) is 17.6 Å². The van der Waals surface area contributed by atoms with E-state index in [-0.39, 0.29) is 41.4 Å². The molecule has 2 aromatic carbocycles. The summed E-state index contributed by atoms with van der Waals surface area (Å²) in [6.45, 7) is 4.12. The monoisotopic (exact) mass is 470 g/mol. The molecule has 0 aliphatic carbocycles. The van der Waals surface area contributed by atoms with E-state index in [0.29, 0.717) is 4.47 Å². The fraction of sp³-hybridized carbons (Fsp3) is 0.316. The molecule has 1 aliphatic rings. The minimum absolute atomic E-state index is 0.0114. The van der Waals surface area contributed by atoms with Crippen molar-refractivity contribution in [2.45, 2.75) is 31.0 Å². The minimum Gasteiger partial charge on any atom is -0.373 e. The highest BCUT2D eigenvalue weighted by Gasteiger charge is 2.32. The van der Waals surface area contributed by atoms with Gasteiger partial charge in [0, 0.05) is 23.1 Å². The second-order valence-electron chi connectivity index (χ2n) is 6.69. The van der Waals surface area contributed by atoms with Crippen molar-refractivity contribution in [1.82, 2.24) is 4.31 Å². The number of hydrogen-bond acceptors (Lipinski definition) is 4. The number of morpholine rings is 1. The Kier molecular flexibility index (Phi) is 6.18. The molecule has 2 aromatic rings. The summed E-state index contributed by atoms with van der Waals surface area (Å²) in [6, 6.07) is 9.97. The Morgan fingerprint density at radius 3 is 2.50 bits per heavy atom. The lowest BCUT2D eigenvalue weighted by atomic mass is 10.2. The molecule has 0 radical (unpaired) electrons. The molecule has 2 atom stereocenters. The molecule has 1 amide bonds. The van der Waals surface area contributed by atoms with Gasteiger partial charge in [0.25, 0.3) is 5.91 Å². The van der Waals surface area contributed by atoms with Gasteiger partial charge in [-0.25, -0.2) is 12.8 Å². The highest BCUT2D eigenvalue weighted by molar-refractivity contribution is 9.10. The van der Waals surface area contributed by atoms with E-state index < -0.39 is 21.7 Å². The van der Waals surface area contributed by atoms with Gasteiger partial charge < -0.3 is 10.1 Å². The molecular formula is C19H20BrFN2O4S. The number of carbonyl (C=O) groups is 1. The van der Waals surface area contributed by atoms with Crippen molar-refractivity contribution in [3.63, 3.8) is 0 Å². The maximum Gasteiger partial charge on any atom is 0.255 e. The molecule has 0 aromatic heterocycles. The van der Waals surface area contributed by atoms with Gasteiger partial charge in [-0.15, -0.1) is 0 Å². The summed E-state index contributed by atoms with van der Waals surface area (Å²) in [7, 11) is -3.78. The number of halogens is 2. The van der Waals surface area contributed by atoms with Crippen molar-refractivity contribution in [3.05, 3.63) is 58.3 Å². The number of hydrogen-bond donors (Lipinski definition) is 1. The van der Waals surface area contributed by atoms with Gasteiger partial charge in [-0.05, 0) is 50.2 Å². The Labute approximate surface area is 171 Å². The first-order chi connectivity index (χ1) is 13.2. The topological polar surface area (TPSA) is 75.7 Å². The van der Waals surface area contributed by atoms with Gasteiger partial charge in [-0.2, -0.15) is 4.31 Å². The number of ether oxygens (including phenoxy) is 1. The Balaban J connectivity index is 1.84. The van der Waals surface area contributed by atoms with E-state index in [4.69, 9.17) is 4.74 Å². The molecule has 1 N–H and O–H groups in total. The van der Waals surface area contributed by atoms with Crippen molar-refractivity contribution < 1.29 is 22.3 Å². The number of nitrogens with zero attached hydrogens (tertiary/aromatic N) is 1. The van der Waals surface area contributed by atoms with Crippen LogP contribution in [0.1, 0.15) is 24.2 Å². The predicted molar refractivity (Wildman–Crippen MR) is 107 cm³/mol. The number of amides is 1. The van der Waals surface area contributed by atoms with Gasteiger partial charge in [-0.1, -0.05) is 22.0 Å². The zero-order valence-corrected chi connectivity index (χ0v) is 17.8. The van der Waals surface area contributed by atoms with Crippen LogP contribution in [0.15, 0.2) is 51.8 Å². The standard InChI is InChI=1S/C19H20BrFN2O4S/c1-12-10-23(11-13(2)27-12)28(25,26)16-5-3-4-14(8-16)19(24)22-18-7-6-15(20)9-17(18)21/h3-9,12-13H,10-11H2,1-2H3,(H,22,24). The third kappa shape index (κ3) is 4.60. The lowest BCUT2D eigenvalue weighted by Crippen LogP contribution is -2.48. The molecule has 1 heterocycles. The van der Waals surface area contributed by atoms with E-state index in [2.05, 4.69) is 21.2 Å². The van der Waals surface area contributed by atoms with E-state index >= 15 is 0 Å². The largest absolute Gasteiger partial charge is 0.373 e. The summed E-state index contributed by atoms with van der Waals surface area (Å²) in [4.78, 5) is 12.5. The summed E-state index contributed by atoms with van der Waals surface area (Å²) in [6.07, 6.45) is -0.434. The highest BCUT2D eigenvalue weighted by Crippen LogP contribution is 2.23. The fourth-order valence-corrected chi connectivity index (χ4v) is 5.03. The summed E-state index contributed by atoms with van der Waals surface area (Å²) in [5.74, 6) is -1.19. The van der Waals surface area contributed by atoms with E-state index in [1.807, 2.05) is 13.8 Å². The van der Waals surface area contributed by atoms with Crippen LogP contribution in [-0.4, -0.2) is 43.9 Å². The Hall–Kier alpha value is -1.81. The van der Waals surface area contributed by atoms with Gasteiger partial charge in [0.1, 0.15) is 5.82 Å². The molecule has 0 spiro atoms. The van der Waals surface area contributed by atoms with Gasteiger partial charge in [0.05, 0.1) is 22.8 Å². The first-order valence-corrected chi connectivity index (χ1v) is 10.9. The Bertz CT molecular complexity index is 989. The number of anilines is 1. The fourth-order valence-electron chi connectivity index (χ4n) is 3.06. The van der Waals surface area contributed by atoms with Crippen molar-refractivity contribution in [2.75, 3.05) is 18.4 Å². The first kappa shape index (κ1) is 20.9. The average molecular weight is 471 g/mol. The van der Waals surface area contributed by atoms with Crippen LogP contribution in [0.5, 0.6) is 0 Å². The van der Waals surface area contributed by atoms with Gasteiger partial charge >= 0.3 is 0 Å². The van der Waals surface area contributed by atoms with Crippen molar-refractivity contribution in [1.29, 1.82) is 0 Å². The lowest BCUT2D eigenvalue weighted by Gasteiger charge is -2.34. The van der Waals surface area contributed by atoms with Crippen LogP contribution in [0.25, 0.3) is 0 Å². The first-order valence-electron chi connectivity index (χ1n) is 8.69. The Morgan fingerprint density at radius 1 is 1.18 bits per heavy atom. The quantitative estimate of drug-likeness (QED) is 0.739. The number of carbonyl (C=O) groups excluding carboxylic acids is 1. The molecule has 150 valence electrons. The van der Waals surface area contributed by atoms with E-state index in [1.54, 1.807) is 6.07 Å². The zero-order chi connectivity index (χ0) is 20.5. The van der Waals surface area contributed by atoms with Crippen LogP contribution in [0.2, 0.25) is 0 Å². The van der Waals surface area contributed by atoms with Crippen LogP contribution in [0, 0.1) is 5.82 Å². The molecule has 1 fully saturated rings. The van der Waals surface area contributed by atoms with Crippen molar-refractivity contribution in [2.24, 2.45) is 0 Å². The molecule has 1 aliphatic heterocycles. The van der Waals surface area contributed by atoms with Crippen LogP contribution in [0.3, 0.4) is 0 Å². The second-order valence-corrected chi connectivity index (χ2v) is 9.54. The number of rotatable bonds is 4. The number of nitrogens with one attached hydrogen (secondary N) is 1. The van der Waals surface area contributed by atoms with Crippen molar-refractivity contribution >= 4 is 37.5 Å². The Morgan fingerprint density at radius 2 is 1.86 bits per heavy atom. The predicted octanol–water partition coefficient (Wildman–Crippen LogP) is 3.64. The third-order valence-corrected chi connectivity index (χ3v) is 6.62. The van der Waals surface area contributed by atoms with Crippen LogP contribution >= 0.6 is 15.9 Å². The molecular weight excluding hydrogens is 451 g/mol. The lowest BCUT2D eigenvalue weighted by molar-refractivity contribution is -0.0440. The maximum atomic E-state index is 14.0. The molecule has 1 saturated heterocycles. The number of sulfonamides is 1. The number of benzene rings is 2. The molecule has 0 saturated carbocycles. The third-order valence-electron chi connectivity index (χ3n) is 4.30. The highest BCUT2D eigenvalue weighted by atomic mass is 79.9. The van der Waals surface area contributed by atoms with Crippen LogP contribution in [-0.2, 0) is 14.8 Å². The molecule has 0 bridgehead atoms. The van der Waals surface area contributed by atoms with Gasteiger partial charge in [0.2, 0.25) is 10.0 Å². The average Bonchev–Trinajstić information content (AvgIpc) is 2.63. The molecule has 3 rings (SSSR count). The minimum atomic E-state index is -3.78. The molecule has 6 nitrogen and oxygen atoms in total. The van der Waals surface area contributed by atoms with Crippen LogP contribution < -0.4 is 5.32 Å². The zero-order valence-electron chi connectivity index (χ0n) is 15.4. The summed E-state index contributed by atoms with van der Waals surface area (Å²) in [5.41, 5.74) is 0.134. The van der Waals surface area contributed by atoms with Crippen LogP contribution in [0.4, 0.5) is 10.1 Å². The summed E-state index contributed by atoms with van der Waals surface area (Å²) in [5, 5.41) is 2.46. The maximum absolute atomic E-state index is 14.0. The molecule has 28 heavy (non-hydrogen) atoms.